The highest BCUT2D eigenvalue weighted by Crippen LogP contribution is 2.47. The van der Waals surface area contributed by atoms with Crippen LogP contribution in [0.25, 0.3) is 0 Å². The summed E-state index contributed by atoms with van der Waals surface area (Å²) >= 11 is 1.44. The summed E-state index contributed by atoms with van der Waals surface area (Å²) in [7, 11) is 0. The molecule has 26 heavy (non-hydrogen) atoms. The average molecular weight is 368 g/mol. The van der Waals surface area contributed by atoms with Gasteiger partial charge in [-0.2, -0.15) is 0 Å². The van der Waals surface area contributed by atoms with Gasteiger partial charge < -0.3 is 15.5 Å². The Hall–Kier alpha value is -2.41. The number of fused-ring (bicyclic) bond motifs is 3. The van der Waals surface area contributed by atoms with Crippen LogP contribution in [-0.2, 0) is 0 Å². The molecule has 7 heteroatoms. The van der Waals surface area contributed by atoms with E-state index in [4.69, 9.17) is 0 Å². The van der Waals surface area contributed by atoms with E-state index in [1.165, 1.54) is 11.3 Å². The Kier molecular flexibility index (Phi) is 3.37. The molecule has 1 aliphatic carbocycles. The molecule has 3 atom stereocenters. The molecular formula is C19H20N4O2S. The lowest BCUT2D eigenvalue weighted by atomic mass is 9.89. The minimum atomic E-state index is -0.457. The maximum absolute atomic E-state index is 12.7. The van der Waals surface area contributed by atoms with Crippen molar-refractivity contribution in [3.8, 4) is 0 Å². The Morgan fingerprint density at radius 2 is 2.23 bits per heavy atom. The number of aryl methyl sites for hydroxylation is 1. The number of nitrogens with zero attached hydrogens (tertiary/aromatic N) is 2. The van der Waals surface area contributed by atoms with Crippen LogP contribution in [0.4, 0.5) is 5.69 Å². The monoisotopic (exact) mass is 368 g/mol. The zero-order valence-electron chi connectivity index (χ0n) is 14.5. The normalized spacial score (nSPS) is 29.3. The van der Waals surface area contributed by atoms with Gasteiger partial charge in [-0.25, -0.2) is 4.98 Å². The molecule has 1 spiro atoms. The van der Waals surface area contributed by atoms with Crippen molar-refractivity contribution >= 4 is 28.8 Å². The number of carbonyl (C=O) groups is 2. The van der Waals surface area contributed by atoms with Crippen molar-refractivity contribution in [2.45, 2.75) is 25.4 Å². The lowest BCUT2D eigenvalue weighted by Gasteiger charge is -2.42. The molecule has 1 aromatic carbocycles. The Balaban J connectivity index is 1.42. The van der Waals surface area contributed by atoms with E-state index in [9.17, 15) is 9.59 Å². The van der Waals surface area contributed by atoms with E-state index in [0.717, 1.165) is 30.6 Å². The molecule has 2 aliphatic heterocycles. The van der Waals surface area contributed by atoms with Gasteiger partial charge in [0.25, 0.3) is 11.8 Å². The van der Waals surface area contributed by atoms with Crippen molar-refractivity contribution in [2.75, 3.05) is 18.4 Å². The second-order valence-electron chi connectivity index (χ2n) is 7.59. The van der Waals surface area contributed by atoms with Gasteiger partial charge in [-0.15, -0.1) is 11.3 Å². The summed E-state index contributed by atoms with van der Waals surface area (Å²) < 4.78 is 0. The fourth-order valence-electron chi connectivity index (χ4n) is 4.77. The van der Waals surface area contributed by atoms with E-state index in [2.05, 4.69) is 15.6 Å². The first kappa shape index (κ1) is 15.8. The molecule has 2 amide bonds. The molecular weight excluding hydrogens is 348 g/mol. The van der Waals surface area contributed by atoms with Crippen LogP contribution in [-0.4, -0.2) is 40.5 Å². The first-order valence-corrected chi connectivity index (χ1v) is 9.89. The Morgan fingerprint density at radius 1 is 1.35 bits per heavy atom. The van der Waals surface area contributed by atoms with E-state index in [1.807, 2.05) is 30.0 Å². The van der Waals surface area contributed by atoms with Gasteiger partial charge in [-0.3, -0.25) is 9.59 Å². The number of rotatable bonds is 1. The maximum Gasteiger partial charge on any atom is 0.273 e. The van der Waals surface area contributed by atoms with Gasteiger partial charge in [0.05, 0.1) is 11.1 Å². The predicted octanol–water partition coefficient (Wildman–Crippen LogP) is 2.49. The lowest BCUT2D eigenvalue weighted by molar-refractivity contribution is 0.0762. The number of aromatic nitrogens is 1. The van der Waals surface area contributed by atoms with E-state index in [1.54, 1.807) is 10.9 Å². The van der Waals surface area contributed by atoms with Gasteiger partial charge in [0.1, 0.15) is 11.4 Å². The predicted molar refractivity (Wildman–Crippen MR) is 99.2 cm³/mol. The van der Waals surface area contributed by atoms with Crippen molar-refractivity contribution < 1.29 is 9.59 Å². The van der Waals surface area contributed by atoms with Crippen LogP contribution < -0.4 is 10.6 Å². The third kappa shape index (κ3) is 2.26. The van der Waals surface area contributed by atoms with Crippen LogP contribution in [0, 0.1) is 18.8 Å². The zero-order chi connectivity index (χ0) is 17.9. The molecule has 5 rings (SSSR count). The fourth-order valence-corrected chi connectivity index (χ4v) is 5.30. The summed E-state index contributed by atoms with van der Waals surface area (Å²) in [6.07, 6.45) is 1.89. The number of hydrogen-bond donors (Lipinski definition) is 2. The van der Waals surface area contributed by atoms with Crippen LogP contribution in [0.5, 0.6) is 0 Å². The first-order valence-electron chi connectivity index (χ1n) is 8.94. The van der Waals surface area contributed by atoms with Gasteiger partial charge in [0.15, 0.2) is 0 Å². The Bertz CT molecular complexity index is 897. The number of anilines is 1. The van der Waals surface area contributed by atoms with E-state index < -0.39 is 5.66 Å². The second-order valence-corrected chi connectivity index (χ2v) is 8.31. The maximum atomic E-state index is 12.7. The lowest BCUT2D eigenvalue weighted by Crippen LogP contribution is -2.61. The number of thiazole rings is 1. The fraction of sp³-hybridized carbons (Fsp3) is 0.421. The molecule has 3 aliphatic rings. The summed E-state index contributed by atoms with van der Waals surface area (Å²) in [5.74, 6) is 0.585. The highest BCUT2D eigenvalue weighted by molar-refractivity contribution is 7.07. The van der Waals surface area contributed by atoms with Crippen LogP contribution in [0.2, 0.25) is 0 Å². The standard InChI is InChI=1S/C19H20N4O2S/c1-11-2-3-15-13(6-11)17(24)22-19(21-15)5-4-12-7-23(8-14(12)19)18(25)16-9-26-10-20-16/h2-3,6,9-10,12,14,21H,4-5,7-8H2,1H3,(H,22,24)/t12-,14+,19?/m0/s1. The van der Waals surface area contributed by atoms with Gasteiger partial charge >= 0.3 is 0 Å². The summed E-state index contributed by atoms with van der Waals surface area (Å²) in [6.45, 7) is 3.37. The van der Waals surface area contributed by atoms with Crippen molar-refractivity contribution in [2.24, 2.45) is 11.8 Å². The molecule has 2 N–H and O–H groups in total. The van der Waals surface area contributed by atoms with Gasteiger partial charge in [0.2, 0.25) is 0 Å². The van der Waals surface area contributed by atoms with E-state index in [0.29, 0.717) is 23.7 Å². The van der Waals surface area contributed by atoms with Crippen molar-refractivity contribution in [1.82, 2.24) is 15.2 Å². The van der Waals surface area contributed by atoms with Crippen molar-refractivity contribution in [3.63, 3.8) is 0 Å². The molecule has 1 unspecified atom stereocenters. The third-order valence-electron chi connectivity index (χ3n) is 6.04. The highest BCUT2D eigenvalue weighted by Gasteiger charge is 2.55. The zero-order valence-corrected chi connectivity index (χ0v) is 15.3. The minimum Gasteiger partial charge on any atom is -0.362 e. The van der Waals surface area contributed by atoms with E-state index >= 15 is 0 Å². The Morgan fingerprint density at radius 3 is 3.04 bits per heavy atom. The number of carbonyl (C=O) groups excluding carboxylic acids is 2. The molecule has 6 nitrogen and oxygen atoms in total. The molecule has 134 valence electrons. The van der Waals surface area contributed by atoms with Crippen LogP contribution in [0.1, 0.15) is 39.3 Å². The Labute approximate surface area is 155 Å². The van der Waals surface area contributed by atoms with Crippen molar-refractivity contribution in [3.05, 3.63) is 45.9 Å². The third-order valence-corrected chi connectivity index (χ3v) is 6.62. The first-order chi connectivity index (χ1) is 12.6. The molecule has 1 saturated heterocycles. The summed E-state index contributed by atoms with van der Waals surface area (Å²) in [5.41, 5.74) is 4.42. The van der Waals surface area contributed by atoms with Crippen LogP contribution in [0.15, 0.2) is 29.1 Å². The molecule has 0 bridgehead atoms. The minimum absolute atomic E-state index is 0.00559. The van der Waals surface area contributed by atoms with Gasteiger partial charge in [0, 0.05) is 30.1 Å². The quantitative estimate of drug-likeness (QED) is 0.811. The van der Waals surface area contributed by atoms with Gasteiger partial charge in [-0.1, -0.05) is 11.6 Å². The van der Waals surface area contributed by atoms with Crippen molar-refractivity contribution in [1.29, 1.82) is 0 Å². The van der Waals surface area contributed by atoms with Crippen LogP contribution in [0.3, 0.4) is 0 Å². The molecule has 2 fully saturated rings. The molecule has 3 heterocycles. The molecule has 1 saturated carbocycles. The molecule has 0 radical (unpaired) electrons. The molecule has 1 aromatic heterocycles. The van der Waals surface area contributed by atoms with Crippen LogP contribution >= 0.6 is 11.3 Å². The topological polar surface area (TPSA) is 74.3 Å². The highest BCUT2D eigenvalue weighted by atomic mass is 32.1. The number of hydrogen-bond acceptors (Lipinski definition) is 5. The number of benzene rings is 1. The number of nitrogens with one attached hydrogen (secondary N) is 2. The SMILES string of the molecule is Cc1ccc2c(c1)C(=O)NC1(CC[C@H]3CN(C(=O)c4cscn4)C[C@H]31)N2. The van der Waals surface area contributed by atoms with Gasteiger partial charge in [-0.05, 0) is 37.8 Å². The smallest absolute Gasteiger partial charge is 0.273 e. The summed E-state index contributed by atoms with van der Waals surface area (Å²) in [6, 6.07) is 5.94. The average Bonchev–Trinajstić information content (AvgIpc) is 3.34. The summed E-state index contributed by atoms with van der Waals surface area (Å²) in [5, 5.41) is 8.65. The molecule has 2 aromatic rings. The number of likely N-dealkylation sites (tertiary alicyclic amines) is 1. The summed E-state index contributed by atoms with van der Waals surface area (Å²) in [4.78, 5) is 31.5. The largest absolute Gasteiger partial charge is 0.362 e. The number of amides is 2. The van der Waals surface area contributed by atoms with E-state index in [-0.39, 0.29) is 17.7 Å². The second kappa shape index (κ2) is 5.54.